The molecule has 1 fully saturated rings. The number of aliphatic imine (C=N–C) groups is 1. The van der Waals surface area contributed by atoms with Gasteiger partial charge in [-0.1, -0.05) is 18.2 Å². The van der Waals surface area contributed by atoms with Crippen molar-refractivity contribution in [1.82, 2.24) is 25.3 Å². The standard InChI is InChI=1S/C21H30N6O2/c1-21(2,3)29-20(28)25-17-10-13-26(15-17)19(22-4)23-14-16-8-5-6-9-18(16)27-12-7-11-24-27/h5-9,11-12,17H,10,13-15H2,1-4H3,(H,22,23)(H,25,28)/t17-/m1/s1. The van der Waals surface area contributed by atoms with E-state index in [4.69, 9.17) is 4.74 Å². The van der Waals surface area contributed by atoms with Crippen LogP contribution in [0.3, 0.4) is 0 Å². The number of hydrogen-bond donors (Lipinski definition) is 2. The van der Waals surface area contributed by atoms with Gasteiger partial charge in [-0.05, 0) is 44.9 Å². The zero-order valence-electron chi connectivity index (χ0n) is 17.6. The molecule has 29 heavy (non-hydrogen) atoms. The van der Waals surface area contributed by atoms with E-state index < -0.39 is 5.60 Å². The smallest absolute Gasteiger partial charge is 0.407 e. The largest absolute Gasteiger partial charge is 0.444 e. The molecule has 1 atom stereocenters. The van der Waals surface area contributed by atoms with Crippen LogP contribution < -0.4 is 10.6 Å². The van der Waals surface area contributed by atoms with E-state index in [1.807, 2.05) is 55.9 Å². The average Bonchev–Trinajstić information content (AvgIpc) is 3.33. The number of ether oxygens (including phenoxy) is 1. The van der Waals surface area contributed by atoms with Gasteiger partial charge >= 0.3 is 6.09 Å². The number of alkyl carbamates (subject to hydrolysis) is 1. The predicted molar refractivity (Wildman–Crippen MR) is 113 cm³/mol. The number of amides is 1. The van der Waals surface area contributed by atoms with Crippen molar-refractivity contribution in [3.05, 3.63) is 48.3 Å². The Bertz CT molecular complexity index is 841. The number of aromatic nitrogens is 2. The van der Waals surface area contributed by atoms with Crippen LogP contribution in [0.15, 0.2) is 47.7 Å². The Labute approximate surface area is 171 Å². The normalized spacial score (nSPS) is 17.3. The first-order chi connectivity index (χ1) is 13.9. The third kappa shape index (κ3) is 5.73. The Hall–Kier alpha value is -3.03. The van der Waals surface area contributed by atoms with Gasteiger partial charge in [-0.25, -0.2) is 9.48 Å². The van der Waals surface area contributed by atoms with Crippen molar-refractivity contribution in [3.63, 3.8) is 0 Å². The summed E-state index contributed by atoms with van der Waals surface area (Å²) in [4.78, 5) is 18.6. The van der Waals surface area contributed by atoms with E-state index in [0.29, 0.717) is 13.1 Å². The fraction of sp³-hybridized carbons (Fsp3) is 0.476. The van der Waals surface area contributed by atoms with Crippen molar-refractivity contribution in [1.29, 1.82) is 0 Å². The first-order valence-corrected chi connectivity index (χ1v) is 9.89. The molecule has 1 aliphatic rings. The zero-order valence-corrected chi connectivity index (χ0v) is 17.6. The van der Waals surface area contributed by atoms with Gasteiger partial charge in [0.25, 0.3) is 0 Å². The Morgan fingerprint density at radius 1 is 1.31 bits per heavy atom. The van der Waals surface area contributed by atoms with E-state index in [1.165, 1.54) is 0 Å². The van der Waals surface area contributed by atoms with E-state index in [0.717, 1.165) is 30.2 Å². The zero-order chi connectivity index (χ0) is 20.9. The van der Waals surface area contributed by atoms with Crippen molar-refractivity contribution < 1.29 is 9.53 Å². The number of para-hydroxylation sites is 1. The summed E-state index contributed by atoms with van der Waals surface area (Å²) >= 11 is 0. The topological polar surface area (TPSA) is 83.8 Å². The average molecular weight is 399 g/mol. The quantitative estimate of drug-likeness (QED) is 0.611. The second-order valence-corrected chi connectivity index (χ2v) is 8.06. The first kappa shape index (κ1) is 20.7. The first-order valence-electron chi connectivity index (χ1n) is 9.89. The number of guanidine groups is 1. The van der Waals surface area contributed by atoms with Crippen molar-refractivity contribution in [2.24, 2.45) is 4.99 Å². The molecule has 0 bridgehead atoms. The summed E-state index contributed by atoms with van der Waals surface area (Å²) < 4.78 is 7.21. The van der Waals surface area contributed by atoms with Gasteiger partial charge in [0.15, 0.2) is 5.96 Å². The highest BCUT2D eigenvalue weighted by molar-refractivity contribution is 5.80. The molecular formula is C21H30N6O2. The minimum absolute atomic E-state index is 0.0414. The lowest BCUT2D eigenvalue weighted by Gasteiger charge is -2.23. The van der Waals surface area contributed by atoms with Crippen molar-refractivity contribution in [2.45, 2.75) is 45.4 Å². The van der Waals surface area contributed by atoms with Gasteiger partial charge in [0.2, 0.25) is 0 Å². The van der Waals surface area contributed by atoms with Crippen LogP contribution >= 0.6 is 0 Å². The summed E-state index contributed by atoms with van der Waals surface area (Å²) in [6.07, 6.45) is 4.18. The number of benzene rings is 1. The van der Waals surface area contributed by atoms with Crippen LogP contribution in [0.2, 0.25) is 0 Å². The number of hydrogen-bond acceptors (Lipinski definition) is 4. The number of likely N-dealkylation sites (tertiary alicyclic amines) is 1. The molecule has 1 saturated heterocycles. The van der Waals surface area contributed by atoms with E-state index in [-0.39, 0.29) is 12.1 Å². The lowest BCUT2D eigenvalue weighted by Crippen LogP contribution is -2.44. The third-order valence-corrected chi connectivity index (χ3v) is 4.60. The van der Waals surface area contributed by atoms with Gasteiger partial charge in [0.1, 0.15) is 5.60 Å². The van der Waals surface area contributed by atoms with Gasteiger partial charge in [0, 0.05) is 39.1 Å². The molecule has 3 rings (SSSR count). The molecule has 1 amide bonds. The number of nitrogens with one attached hydrogen (secondary N) is 2. The number of carbonyl (C=O) groups is 1. The van der Waals surface area contributed by atoms with E-state index in [9.17, 15) is 4.79 Å². The highest BCUT2D eigenvalue weighted by atomic mass is 16.6. The molecule has 1 aliphatic heterocycles. The monoisotopic (exact) mass is 398 g/mol. The van der Waals surface area contributed by atoms with Crippen LogP contribution in [0.25, 0.3) is 5.69 Å². The molecule has 0 spiro atoms. The Morgan fingerprint density at radius 2 is 2.10 bits per heavy atom. The van der Waals surface area contributed by atoms with Crippen molar-refractivity contribution >= 4 is 12.1 Å². The predicted octanol–water partition coefficient (Wildman–Crippen LogP) is 2.55. The minimum atomic E-state index is -0.498. The molecule has 1 aromatic carbocycles. The van der Waals surface area contributed by atoms with Gasteiger partial charge in [-0.2, -0.15) is 5.10 Å². The third-order valence-electron chi connectivity index (χ3n) is 4.60. The molecule has 0 unspecified atom stereocenters. The molecule has 0 radical (unpaired) electrons. The number of carbonyl (C=O) groups excluding carboxylic acids is 1. The number of rotatable bonds is 4. The molecule has 2 N–H and O–H groups in total. The maximum absolute atomic E-state index is 12.0. The molecule has 2 heterocycles. The van der Waals surface area contributed by atoms with E-state index in [1.54, 1.807) is 13.2 Å². The van der Waals surface area contributed by atoms with Crippen LogP contribution in [-0.2, 0) is 11.3 Å². The summed E-state index contributed by atoms with van der Waals surface area (Å²) in [7, 11) is 1.77. The minimum Gasteiger partial charge on any atom is -0.444 e. The second kappa shape index (κ2) is 8.98. The highest BCUT2D eigenvalue weighted by Crippen LogP contribution is 2.15. The molecular weight excluding hydrogens is 368 g/mol. The summed E-state index contributed by atoms with van der Waals surface area (Å²) in [5.74, 6) is 0.814. The van der Waals surface area contributed by atoms with Gasteiger partial charge < -0.3 is 20.3 Å². The van der Waals surface area contributed by atoms with Crippen molar-refractivity contribution in [3.8, 4) is 5.69 Å². The van der Waals surface area contributed by atoms with Gasteiger partial charge in [0.05, 0.1) is 11.7 Å². The molecule has 0 aliphatic carbocycles. The van der Waals surface area contributed by atoms with Gasteiger partial charge in [-0.15, -0.1) is 0 Å². The number of nitrogens with zero attached hydrogens (tertiary/aromatic N) is 4. The lowest BCUT2D eigenvalue weighted by atomic mass is 10.2. The van der Waals surface area contributed by atoms with E-state index in [2.05, 4.69) is 31.7 Å². The Kier molecular flexibility index (Phi) is 6.41. The molecule has 2 aromatic rings. The summed E-state index contributed by atoms with van der Waals surface area (Å²) in [6, 6.07) is 10.1. The second-order valence-electron chi connectivity index (χ2n) is 8.06. The summed E-state index contributed by atoms with van der Waals surface area (Å²) in [5, 5.41) is 10.7. The fourth-order valence-corrected chi connectivity index (χ4v) is 3.35. The fourth-order valence-electron chi connectivity index (χ4n) is 3.35. The molecule has 1 aromatic heterocycles. The Balaban J connectivity index is 1.56. The molecule has 156 valence electrons. The molecule has 8 heteroatoms. The summed E-state index contributed by atoms with van der Waals surface area (Å²) in [5.41, 5.74) is 1.66. The van der Waals surface area contributed by atoms with Crippen LogP contribution in [0.4, 0.5) is 4.79 Å². The van der Waals surface area contributed by atoms with Crippen LogP contribution in [-0.4, -0.2) is 58.5 Å². The molecule has 0 saturated carbocycles. The van der Waals surface area contributed by atoms with Crippen LogP contribution in [0.1, 0.15) is 32.8 Å². The highest BCUT2D eigenvalue weighted by Gasteiger charge is 2.27. The maximum atomic E-state index is 12.0. The Morgan fingerprint density at radius 3 is 2.79 bits per heavy atom. The summed E-state index contributed by atoms with van der Waals surface area (Å²) in [6.45, 7) is 7.73. The van der Waals surface area contributed by atoms with Crippen LogP contribution in [0, 0.1) is 0 Å². The van der Waals surface area contributed by atoms with Gasteiger partial charge in [-0.3, -0.25) is 4.99 Å². The van der Waals surface area contributed by atoms with Crippen LogP contribution in [0.5, 0.6) is 0 Å². The SMILES string of the molecule is CN=C(NCc1ccccc1-n1cccn1)N1CC[C@@H](NC(=O)OC(C)(C)C)C1. The maximum Gasteiger partial charge on any atom is 0.407 e. The van der Waals surface area contributed by atoms with Crippen molar-refractivity contribution in [2.75, 3.05) is 20.1 Å². The lowest BCUT2D eigenvalue weighted by molar-refractivity contribution is 0.0507. The van der Waals surface area contributed by atoms with E-state index >= 15 is 0 Å². The molecule has 8 nitrogen and oxygen atoms in total.